The highest BCUT2D eigenvalue weighted by Gasteiger charge is 2.27. The fourth-order valence-electron chi connectivity index (χ4n) is 7.83. The Labute approximate surface area is 287 Å². The van der Waals surface area contributed by atoms with Gasteiger partial charge in [-0.05, 0) is 66.2 Å². The molecule has 4 aromatic heterocycles. The Morgan fingerprint density at radius 1 is 0.580 bits per heavy atom. The molecule has 10 rings (SSSR count). The Balaban J connectivity index is 1.33. The third-order valence-corrected chi connectivity index (χ3v) is 9.99. The van der Waals surface area contributed by atoms with Gasteiger partial charge < -0.3 is 9.13 Å². The number of rotatable bonds is 5. The zero-order chi connectivity index (χ0) is 33.3. The van der Waals surface area contributed by atoms with Gasteiger partial charge in [-0.2, -0.15) is 0 Å². The minimum absolute atomic E-state index is 0.576. The van der Waals surface area contributed by atoms with E-state index in [2.05, 4.69) is 92.6 Å². The Hall–Kier alpha value is -6.53. The predicted molar refractivity (Wildman–Crippen MR) is 202 cm³/mol. The van der Waals surface area contributed by atoms with Gasteiger partial charge in [0.2, 0.25) is 0 Å². The number of aryl methyl sites for hydroxylation is 1. The number of imidazole rings is 1. The third kappa shape index (κ3) is 4.12. The van der Waals surface area contributed by atoms with Crippen molar-refractivity contribution in [2.24, 2.45) is 7.05 Å². The highest BCUT2D eigenvalue weighted by Crippen LogP contribution is 2.46. The van der Waals surface area contributed by atoms with Gasteiger partial charge >= 0.3 is 0 Å². The van der Waals surface area contributed by atoms with E-state index in [1.165, 1.54) is 0 Å². The molecule has 238 valence electrons. The standard InChI is InChI=1S/C44H30FN5/c1-48-37-23-10-7-20-34(37)47-44(48)29-15-13-14-28(26-29)42(45)33-27-38-41(32-19-6-9-22-36(32)50(38)39-24-11-12-25-46-39)43-40(33)31-18-5-8-21-35(31)49(43)30-16-3-2-4-17-30/h2-27,42H,1H3. The van der Waals surface area contributed by atoms with E-state index < -0.39 is 6.17 Å². The Kier molecular flexibility index (Phi) is 6.27. The number of pyridine rings is 1. The van der Waals surface area contributed by atoms with Gasteiger partial charge in [0.05, 0.1) is 33.1 Å². The zero-order valence-corrected chi connectivity index (χ0v) is 27.2. The molecule has 10 aromatic rings. The van der Waals surface area contributed by atoms with Crippen molar-refractivity contribution >= 4 is 54.6 Å². The third-order valence-electron chi connectivity index (χ3n) is 9.99. The minimum Gasteiger partial charge on any atom is -0.327 e. The number of para-hydroxylation sites is 5. The monoisotopic (exact) mass is 647 g/mol. The van der Waals surface area contributed by atoms with Crippen molar-refractivity contribution in [2.75, 3.05) is 0 Å². The predicted octanol–water partition coefficient (Wildman–Crippen LogP) is 10.9. The van der Waals surface area contributed by atoms with Crippen LogP contribution in [-0.2, 0) is 7.05 Å². The lowest BCUT2D eigenvalue weighted by Crippen LogP contribution is -2.01. The second-order valence-corrected chi connectivity index (χ2v) is 12.8. The van der Waals surface area contributed by atoms with Crippen LogP contribution in [0.2, 0.25) is 0 Å². The lowest BCUT2D eigenvalue weighted by atomic mass is 9.94. The fraction of sp³-hybridized carbons (Fsp3) is 0.0455. The Morgan fingerprint density at radius 3 is 2.02 bits per heavy atom. The second kappa shape index (κ2) is 11.0. The minimum atomic E-state index is -1.43. The van der Waals surface area contributed by atoms with Gasteiger partial charge in [-0.1, -0.05) is 91.0 Å². The molecule has 0 radical (unpaired) electrons. The maximum absolute atomic E-state index is 17.8. The van der Waals surface area contributed by atoms with Gasteiger partial charge in [0.15, 0.2) is 6.17 Å². The number of aromatic nitrogens is 5. The van der Waals surface area contributed by atoms with Crippen LogP contribution >= 0.6 is 0 Å². The fourth-order valence-corrected chi connectivity index (χ4v) is 7.83. The molecule has 1 unspecified atom stereocenters. The zero-order valence-electron chi connectivity index (χ0n) is 27.2. The van der Waals surface area contributed by atoms with Crippen LogP contribution in [0.3, 0.4) is 0 Å². The normalized spacial score (nSPS) is 12.5. The van der Waals surface area contributed by atoms with E-state index in [0.717, 1.165) is 77.5 Å². The summed E-state index contributed by atoms with van der Waals surface area (Å²) in [4.78, 5) is 9.70. The van der Waals surface area contributed by atoms with Gasteiger partial charge in [0.1, 0.15) is 11.6 Å². The molecule has 6 aromatic carbocycles. The number of hydrogen-bond donors (Lipinski definition) is 0. The van der Waals surface area contributed by atoms with E-state index in [0.29, 0.717) is 11.1 Å². The van der Waals surface area contributed by atoms with Crippen molar-refractivity contribution in [1.29, 1.82) is 0 Å². The van der Waals surface area contributed by atoms with Gasteiger partial charge in [0.25, 0.3) is 0 Å². The van der Waals surface area contributed by atoms with Crippen LogP contribution in [0.15, 0.2) is 158 Å². The highest BCUT2D eigenvalue weighted by molar-refractivity contribution is 6.27. The molecule has 0 aliphatic carbocycles. The molecule has 0 spiro atoms. The molecule has 0 N–H and O–H groups in total. The van der Waals surface area contributed by atoms with E-state index in [1.54, 1.807) is 6.20 Å². The summed E-state index contributed by atoms with van der Waals surface area (Å²) in [5, 5.41) is 4.06. The lowest BCUT2D eigenvalue weighted by Gasteiger charge is -2.16. The maximum Gasteiger partial charge on any atom is 0.151 e. The van der Waals surface area contributed by atoms with E-state index >= 15 is 4.39 Å². The summed E-state index contributed by atoms with van der Waals surface area (Å²) >= 11 is 0. The summed E-state index contributed by atoms with van der Waals surface area (Å²) in [6.45, 7) is 0. The molecular weight excluding hydrogens is 618 g/mol. The molecule has 4 heterocycles. The average Bonchev–Trinajstić information content (AvgIpc) is 3.82. The lowest BCUT2D eigenvalue weighted by molar-refractivity contribution is 0.405. The number of alkyl halides is 1. The summed E-state index contributed by atoms with van der Waals surface area (Å²) in [6.07, 6.45) is 0.377. The van der Waals surface area contributed by atoms with E-state index in [1.807, 2.05) is 79.8 Å². The van der Waals surface area contributed by atoms with Crippen molar-refractivity contribution < 1.29 is 4.39 Å². The van der Waals surface area contributed by atoms with Crippen molar-refractivity contribution in [1.82, 2.24) is 23.7 Å². The summed E-state index contributed by atoms with van der Waals surface area (Å²) in [7, 11) is 2.01. The van der Waals surface area contributed by atoms with E-state index in [4.69, 9.17) is 9.97 Å². The van der Waals surface area contributed by atoms with Crippen molar-refractivity contribution in [3.63, 3.8) is 0 Å². The first-order valence-corrected chi connectivity index (χ1v) is 16.8. The number of halogens is 1. The van der Waals surface area contributed by atoms with Gasteiger partial charge in [-0.25, -0.2) is 14.4 Å². The van der Waals surface area contributed by atoms with Gasteiger partial charge in [-0.15, -0.1) is 0 Å². The number of hydrogen-bond acceptors (Lipinski definition) is 2. The number of fused-ring (bicyclic) bond motifs is 8. The van der Waals surface area contributed by atoms with Crippen molar-refractivity contribution in [2.45, 2.75) is 6.17 Å². The first kappa shape index (κ1) is 28.5. The summed E-state index contributed by atoms with van der Waals surface area (Å²) in [5.74, 6) is 1.59. The van der Waals surface area contributed by atoms with Crippen LogP contribution in [0.25, 0.3) is 77.5 Å². The molecule has 6 heteroatoms. The average molecular weight is 648 g/mol. The quantitative estimate of drug-likeness (QED) is 0.187. The second-order valence-electron chi connectivity index (χ2n) is 12.8. The molecule has 5 nitrogen and oxygen atoms in total. The molecule has 50 heavy (non-hydrogen) atoms. The molecule has 0 bridgehead atoms. The molecule has 0 aliphatic heterocycles. The van der Waals surface area contributed by atoms with E-state index in [-0.39, 0.29) is 0 Å². The largest absolute Gasteiger partial charge is 0.327 e. The van der Waals surface area contributed by atoms with Crippen LogP contribution in [0.5, 0.6) is 0 Å². The van der Waals surface area contributed by atoms with Crippen molar-refractivity contribution in [3.05, 3.63) is 169 Å². The van der Waals surface area contributed by atoms with Crippen LogP contribution in [0.1, 0.15) is 17.3 Å². The summed E-state index contributed by atoms with van der Waals surface area (Å²) < 4.78 is 24.3. The molecule has 0 saturated heterocycles. The van der Waals surface area contributed by atoms with Crippen molar-refractivity contribution in [3.8, 4) is 22.9 Å². The maximum atomic E-state index is 17.8. The molecule has 0 amide bonds. The first-order chi connectivity index (χ1) is 24.7. The van der Waals surface area contributed by atoms with E-state index in [9.17, 15) is 0 Å². The summed E-state index contributed by atoms with van der Waals surface area (Å²) in [6, 6.07) is 51.0. The highest BCUT2D eigenvalue weighted by atomic mass is 19.1. The molecular formula is C44H30FN5. The molecule has 1 atom stereocenters. The number of nitrogens with zero attached hydrogens (tertiary/aromatic N) is 5. The molecule has 0 fully saturated rings. The topological polar surface area (TPSA) is 40.6 Å². The van der Waals surface area contributed by atoms with Crippen LogP contribution in [0.4, 0.5) is 4.39 Å². The van der Waals surface area contributed by atoms with Gasteiger partial charge in [-0.3, -0.25) is 4.57 Å². The van der Waals surface area contributed by atoms with Crippen LogP contribution in [-0.4, -0.2) is 23.7 Å². The Bertz CT molecular complexity index is 2900. The van der Waals surface area contributed by atoms with Crippen LogP contribution < -0.4 is 0 Å². The Morgan fingerprint density at radius 2 is 1.26 bits per heavy atom. The smallest absolute Gasteiger partial charge is 0.151 e. The van der Waals surface area contributed by atoms with Gasteiger partial charge in [0, 0.05) is 51.6 Å². The number of benzene rings is 6. The first-order valence-electron chi connectivity index (χ1n) is 16.8. The molecule has 0 saturated carbocycles. The SMILES string of the molecule is Cn1c(-c2cccc(C(F)c3cc4c(c5ccccc5n4-c4ccccn4)c4c3c3ccccc3n4-c3ccccc3)c2)nc2ccccc21. The molecule has 0 aliphatic rings. The van der Waals surface area contributed by atoms with Crippen LogP contribution in [0, 0.1) is 0 Å². The summed E-state index contributed by atoms with van der Waals surface area (Å²) in [5.41, 5.74) is 8.95.